The lowest BCUT2D eigenvalue weighted by Crippen LogP contribution is -2.19. The van der Waals surface area contributed by atoms with E-state index in [1.165, 1.54) is 11.1 Å². The molecule has 3 nitrogen and oxygen atoms in total. The molecule has 1 N–H and O–H groups in total. The zero-order valence-corrected chi connectivity index (χ0v) is 11.7. The summed E-state index contributed by atoms with van der Waals surface area (Å²) in [6.45, 7) is 2.12. The molecule has 0 spiro atoms. The van der Waals surface area contributed by atoms with Gasteiger partial charge in [-0.25, -0.2) is 0 Å². The Bertz CT molecular complexity index is 540. The van der Waals surface area contributed by atoms with Crippen LogP contribution < -0.4 is 10.1 Å². The predicted molar refractivity (Wildman–Crippen MR) is 77.5 cm³/mol. The summed E-state index contributed by atoms with van der Waals surface area (Å²) in [5.41, 5.74) is 3.74. The molecule has 1 atom stereocenters. The van der Waals surface area contributed by atoms with E-state index in [4.69, 9.17) is 4.74 Å². The zero-order chi connectivity index (χ0) is 13.7. The van der Waals surface area contributed by atoms with Crippen LogP contribution in [0.15, 0.2) is 42.7 Å². The molecule has 3 heteroatoms. The number of hydrogen-bond acceptors (Lipinski definition) is 3. The van der Waals surface area contributed by atoms with Gasteiger partial charge in [-0.1, -0.05) is 29.8 Å². The van der Waals surface area contributed by atoms with E-state index in [0.29, 0.717) is 0 Å². The Labute approximate surface area is 114 Å². The van der Waals surface area contributed by atoms with E-state index in [0.717, 1.165) is 17.7 Å². The van der Waals surface area contributed by atoms with Crippen molar-refractivity contribution in [3.05, 3.63) is 59.4 Å². The fourth-order valence-electron chi connectivity index (χ4n) is 2.29. The third-order valence-corrected chi connectivity index (χ3v) is 3.28. The largest absolute Gasteiger partial charge is 0.495 e. The van der Waals surface area contributed by atoms with Crippen molar-refractivity contribution in [1.29, 1.82) is 0 Å². The van der Waals surface area contributed by atoms with Crippen molar-refractivity contribution in [1.82, 2.24) is 10.3 Å². The monoisotopic (exact) mass is 256 g/mol. The van der Waals surface area contributed by atoms with E-state index < -0.39 is 0 Å². The predicted octanol–water partition coefficient (Wildman–Crippen LogP) is 2.90. The van der Waals surface area contributed by atoms with Gasteiger partial charge in [0, 0.05) is 17.8 Å². The van der Waals surface area contributed by atoms with E-state index in [2.05, 4.69) is 41.5 Å². The maximum Gasteiger partial charge on any atom is 0.141 e. The Kier molecular flexibility index (Phi) is 4.53. The van der Waals surface area contributed by atoms with Crippen LogP contribution in [0.5, 0.6) is 5.75 Å². The van der Waals surface area contributed by atoms with Gasteiger partial charge in [0.1, 0.15) is 5.75 Å². The molecule has 1 unspecified atom stereocenters. The Morgan fingerprint density at radius 3 is 2.84 bits per heavy atom. The number of methoxy groups -OCH3 is 1. The summed E-state index contributed by atoms with van der Waals surface area (Å²) in [5, 5.41) is 3.35. The molecular weight excluding hydrogens is 236 g/mol. The van der Waals surface area contributed by atoms with E-state index in [1.807, 2.05) is 13.1 Å². The van der Waals surface area contributed by atoms with E-state index in [1.54, 1.807) is 19.5 Å². The summed E-state index contributed by atoms with van der Waals surface area (Å²) >= 11 is 0. The average molecular weight is 256 g/mol. The summed E-state index contributed by atoms with van der Waals surface area (Å²) in [6.07, 6.45) is 4.49. The highest BCUT2D eigenvalue weighted by Gasteiger charge is 2.14. The molecule has 0 aliphatic rings. The molecule has 0 amide bonds. The van der Waals surface area contributed by atoms with Crippen LogP contribution in [0.4, 0.5) is 0 Å². The third kappa shape index (κ3) is 3.32. The van der Waals surface area contributed by atoms with Crippen LogP contribution in [-0.2, 0) is 6.42 Å². The molecule has 0 saturated heterocycles. The summed E-state index contributed by atoms with van der Waals surface area (Å²) < 4.78 is 5.39. The number of ether oxygens (including phenoxy) is 1. The van der Waals surface area contributed by atoms with Gasteiger partial charge < -0.3 is 10.1 Å². The summed E-state index contributed by atoms with van der Waals surface area (Å²) in [4.78, 5) is 4.10. The van der Waals surface area contributed by atoms with Gasteiger partial charge >= 0.3 is 0 Å². The van der Waals surface area contributed by atoms with Gasteiger partial charge in [-0.3, -0.25) is 4.98 Å². The van der Waals surface area contributed by atoms with Crippen molar-refractivity contribution in [2.45, 2.75) is 19.4 Å². The first-order chi connectivity index (χ1) is 9.24. The van der Waals surface area contributed by atoms with Crippen LogP contribution >= 0.6 is 0 Å². The van der Waals surface area contributed by atoms with E-state index in [-0.39, 0.29) is 6.04 Å². The van der Waals surface area contributed by atoms with Crippen LogP contribution in [0.1, 0.15) is 22.7 Å². The van der Waals surface area contributed by atoms with Gasteiger partial charge in [0.05, 0.1) is 13.3 Å². The van der Waals surface area contributed by atoms with Crippen molar-refractivity contribution < 1.29 is 4.74 Å². The zero-order valence-electron chi connectivity index (χ0n) is 11.7. The second kappa shape index (κ2) is 6.34. The van der Waals surface area contributed by atoms with Crippen LogP contribution in [0.2, 0.25) is 0 Å². The fourth-order valence-corrected chi connectivity index (χ4v) is 2.29. The highest BCUT2D eigenvalue weighted by atomic mass is 16.5. The Hall–Kier alpha value is -1.87. The Morgan fingerprint density at radius 2 is 2.16 bits per heavy atom. The second-order valence-electron chi connectivity index (χ2n) is 4.65. The molecule has 0 aliphatic carbocycles. The molecule has 1 heterocycles. The lowest BCUT2D eigenvalue weighted by molar-refractivity contribution is 0.399. The van der Waals surface area contributed by atoms with Gasteiger partial charge in [-0.05, 0) is 32.0 Å². The minimum atomic E-state index is 0.222. The normalized spacial score (nSPS) is 12.2. The second-order valence-corrected chi connectivity index (χ2v) is 4.65. The molecular formula is C16H20N2O. The molecule has 19 heavy (non-hydrogen) atoms. The first-order valence-electron chi connectivity index (χ1n) is 6.45. The molecule has 0 aliphatic heterocycles. The molecule has 1 aromatic heterocycles. The number of nitrogens with zero attached hydrogens (tertiary/aromatic N) is 1. The van der Waals surface area contributed by atoms with E-state index >= 15 is 0 Å². The number of pyridine rings is 1. The quantitative estimate of drug-likeness (QED) is 0.893. The SMILES string of the molecule is CNC(Cc1cccc(C)c1)c1ccncc1OC. The maximum atomic E-state index is 5.39. The number of rotatable bonds is 5. The minimum Gasteiger partial charge on any atom is -0.495 e. The van der Waals surface area contributed by atoms with Gasteiger partial charge in [0.15, 0.2) is 0 Å². The molecule has 2 rings (SSSR count). The van der Waals surface area contributed by atoms with Crippen molar-refractivity contribution in [3.63, 3.8) is 0 Å². The smallest absolute Gasteiger partial charge is 0.141 e. The van der Waals surface area contributed by atoms with Gasteiger partial charge in [0.25, 0.3) is 0 Å². The number of nitrogens with one attached hydrogen (secondary N) is 1. The molecule has 100 valence electrons. The Balaban J connectivity index is 2.25. The number of hydrogen-bond donors (Lipinski definition) is 1. The first kappa shape index (κ1) is 13.6. The molecule has 2 aromatic rings. The summed E-state index contributed by atoms with van der Waals surface area (Å²) in [7, 11) is 3.65. The van der Waals surface area contributed by atoms with E-state index in [9.17, 15) is 0 Å². The van der Waals surface area contributed by atoms with Crippen molar-refractivity contribution in [2.24, 2.45) is 0 Å². The Morgan fingerprint density at radius 1 is 1.32 bits per heavy atom. The molecule has 0 bridgehead atoms. The number of aryl methyl sites for hydroxylation is 1. The lowest BCUT2D eigenvalue weighted by atomic mass is 9.98. The summed E-state index contributed by atoms with van der Waals surface area (Å²) in [6, 6.07) is 10.8. The van der Waals surface area contributed by atoms with Crippen molar-refractivity contribution in [3.8, 4) is 5.75 Å². The topological polar surface area (TPSA) is 34.2 Å². The van der Waals surface area contributed by atoms with Crippen LogP contribution in [-0.4, -0.2) is 19.1 Å². The number of aromatic nitrogens is 1. The van der Waals surface area contributed by atoms with Crippen molar-refractivity contribution in [2.75, 3.05) is 14.2 Å². The van der Waals surface area contributed by atoms with Crippen LogP contribution in [0.3, 0.4) is 0 Å². The highest BCUT2D eigenvalue weighted by molar-refractivity contribution is 5.34. The molecule has 0 radical (unpaired) electrons. The van der Waals surface area contributed by atoms with Gasteiger partial charge in [-0.2, -0.15) is 0 Å². The van der Waals surface area contributed by atoms with Gasteiger partial charge in [-0.15, -0.1) is 0 Å². The molecule has 0 saturated carbocycles. The minimum absolute atomic E-state index is 0.222. The standard InChI is InChI=1S/C16H20N2O/c1-12-5-4-6-13(9-12)10-15(17-2)14-7-8-18-11-16(14)19-3/h4-9,11,15,17H,10H2,1-3H3. The first-order valence-corrected chi connectivity index (χ1v) is 6.45. The fraction of sp³-hybridized carbons (Fsp3) is 0.312. The van der Waals surface area contributed by atoms with Crippen LogP contribution in [0.25, 0.3) is 0 Å². The van der Waals surface area contributed by atoms with Crippen molar-refractivity contribution >= 4 is 0 Å². The average Bonchev–Trinajstić information content (AvgIpc) is 2.45. The van der Waals surface area contributed by atoms with Gasteiger partial charge in [0.2, 0.25) is 0 Å². The third-order valence-electron chi connectivity index (χ3n) is 3.28. The molecule has 0 fully saturated rings. The highest BCUT2D eigenvalue weighted by Crippen LogP contribution is 2.26. The number of benzene rings is 1. The lowest BCUT2D eigenvalue weighted by Gasteiger charge is -2.19. The van der Waals surface area contributed by atoms with Crippen LogP contribution in [0, 0.1) is 6.92 Å². The number of likely N-dealkylation sites (N-methyl/N-ethyl adjacent to an activating group) is 1. The maximum absolute atomic E-state index is 5.39. The summed E-state index contributed by atoms with van der Waals surface area (Å²) in [5.74, 6) is 0.828. The molecule has 1 aromatic carbocycles.